The van der Waals surface area contributed by atoms with Gasteiger partial charge in [-0.3, -0.25) is 9.59 Å². The van der Waals surface area contributed by atoms with Crippen molar-refractivity contribution in [3.63, 3.8) is 0 Å². The zero-order valence-corrected chi connectivity index (χ0v) is 14.1. The minimum Gasteiger partial charge on any atom is -0.467 e. The van der Waals surface area contributed by atoms with E-state index < -0.39 is 18.0 Å². The highest BCUT2D eigenvalue weighted by Gasteiger charge is 2.22. The summed E-state index contributed by atoms with van der Waals surface area (Å²) in [6.07, 6.45) is 0.306. The largest absolute Gasteiger partial charge is 0.467 e. The first kappa shape index (κ1) is 18.7. The first-order valence-corrected chi connectivity index (χ1v) is 7.40. The molecule has 0 aromatic heterocycles. The highest BCUT2D eigenvalue weighted by molar-refractivity contribution is 5.83. The number of esters is 2. The molecule has 0 radical (unpaired) electrons. The fraction of sp³-hybridized carbons (Fsp3) is 0.471. The number of amides is 1. The minimum absolute atomic E-state index is 0.163. The highest BCUT2D eigenvalue weighted by atomic mass is 16.5. The third kappa shape index (κ3) is 5.73. The molecule has 0 aliphatic heterocycles. The lowest BCUT2D eigenvalue weighted by Crippen LogP contribution is -2.42. The number of carbonyl (C=O) groups excluding carboxylic acids is 3. The van der Waals surface area contributed by atoms with Crippen molar-refractivity contribution in [2.45, 2.75) is 46.1 Å². The van der Waals surface area contributed by atoms with Crippen molar-refractivity contribution in [2.75, 3.05) is 7.11 Å². The normalized spacial score (nSPS) is 11.7. The molecule has 1 rings (SSSR count). The van der Waals surface area contributed by atoms with Crippen LogP contribution in [0.1, 0.15) is 44.7 Å². The number of nitrogens with one attached hydrogen (secondary N) is 1. The Balaban J connectivity index is 3.11. The van der Waals surface area contributed by atoms with E-state index in [9.17, 15) is 14.4 Å². The molecular formula is C17H23NO5. The zero-order valence-electron chi connectivity index (χ0n) is 14.1. The Morgan fingerprint density at radius 1 is 1.17 bits per heavy atom. The van der Waals surface area contributed by atoms with Crippen LogP contribution in [-0.2, 0) is 25.5 Å². The number of methoxy groups -OCH3 is 1. The van der Waals surface area contributed by atoms with Crippen molar-refractivity contribution in [1.29, 1.82) is 0 Å². The Morgan fingerprint density at radius 2 is 1.83 bits per heavy atom. The number of rotatable bonds is 6. The summed E-state index contributed by atoms with van der Waals surface area (Å²) in [5.41, 5.74) is 1.84. The van der Waals surface area contributed by atoms with Crippen molar-refractivity contribution in [3.05, 3.63) is 29.3 Å². The predicted octanol–water partition coefficient (Wildman–Crippen LogP) is 1.96. The van der Waals surface area contributed by atoms with Crippen LogP contribution in [0.15, 0.2) is 18.2 Å². The second-order valence-corrected chi connectivity index (χ2v) is 5.59. The van der Waals surface area contributed by atoms with Gasteiger partial charge in [0.2, 0.25) is 5.91 Å². The summed E-state index contributed by atoms with van der Waals surface area (Å²) < 4.78 is 9.84. The fourth-order valence-electron chi connectivity index (χ4n) is 2.33. The molecule has 0 bridgehead atoms. The van der Waals surface area contributed by atoms with Crippen molar-refractivity contribution >= 4 is 17.8 Å². The van der Waals surface area contributed by atoms with E-state index in [1.807, 2.05) is 13.8 Å². The van der Waals surface area contributed by atoms with Crippen molar-refractivity contribution in [3.8, 4) is 5.75 Å². The standard InChI is InChI=1S/C17H23NO5/c1-10(2)15-9-14(23-12(4)20)7-6-13(15)8-16(17(21)22-5)18-11(3)19/h6-7,9-10,16H,8H2,1-5H3,(H,18,19)/t16-/m0/s1. The molecule has 6 heteroatoms. The maximum Gasteiger partial charge on any atom is 0.328 e. The molecule has 1 aromatic rings. The summed E-state index contributed by atoms with van der Waals surface area (Å²) in [7, 11) is 1.28. The predicted molar refractivity (Wildman–Crippen MR) is 85.2 cm³/mol. The van der Waals surface area contributed by atoms with Crippen LogP contribution in [0.5, 0.6) is 5.75 Å². The molecule has 6 nitrogen and oxygen atoms in total. The van der Waals surface area contributed by atoms with Gasteiger partial charge in [0.1, 0.15) is 11.8 Å². The quantitative estimate of drug-likeness (QED) is 0.640. The molecule has 0 unspecified atom stereocenters. The number of benzene rings is 1. The van der Waals surface area contributed by atoms with Crippen LogP contribution in [0.2, 0.25) is 0 Å². The smallest absolute Gasteiger partial charge is 0.328 e. The SMILES string of the molecule is COC(=O)[C@H](Cc1ccc(OC(C)=O)cc1C(C)C)NC(C)=O. The van der Waals surface area contributed by atoms with Gasteiger partial charge in [-0.15, -0.1) is 0 Å². The molecule has 0 saturated carbocycles. The Hall–Kier alpha value is -2.37. The van der Waals surface area contributed by atoms with E-state index in [1.54, 1.807) is 18.2 Å². The molecule has 0 saturated heterocycles. The number of ether oxygens (including phenoxy) is 2. The third-order valence-corrected chi connectivity index (χ3v) is 3.29. The highest BCUT2D eigenvalue weighted by Crippen LogP contribution is 2.26. The molecule has 0 spiro atoms. The first-order valence-electron chi connectivity index (χ1n) is 7.40. The van der Waals surface area contributed by atoms with E-state index in [0.717, 1.165) is 11.1 Å². The van der Waals surface area contributed by atoms with Gasteiger partial charge in [0, 0.05) is 20.3 Å². The molecule has 1 aromatic carbocycles. The van der Waals surface area contributed by atoms with Gasteiger partial charge in [-0.1, -0.05) is 19.9 Å². The van der Waals surface area contributed by atoms with Crippen molar-refractivity contribution in [2.24, 2.45) is 0 Å². The average molecular weight is 321 g/mol. The van der Waals surface area contributed by atoms with Gasteiger partial charge < -0.3 is 14.8 Å². The van der Waals surface area contributed by atoms with Crippen LogP contribution in [0.4, 0.5) is 0 Å². The van der Waals surface area contributed by atoms with Gasteiger partial charge in [-0.2, -0.15) is 0 Å². The summed E-state index contributed by atoms with van der Waals surface area (Å²) in [5, 5.41) is 2.59. The molecule has 1 N–H and O–H groups in total. The molecule has 0 fully saturated rings. The fourth-order valence-corrected chi connectivity index (χ4v) is 2.33. The summed E-state index contributed by atoms with van der Waals surface area (Å²) in [6.45, 7) is 6.69. The van der Waals surface area contributed by atoms with Crippen molar-refractivity contribution < 1.29 is 23.9 Å². The lowest BCUT2D eigenvalue weighted by molar-refractivity contribution is -0.144. The summed E-state index contributed by atoms with van der Waals surface area (Å²) in [4.78, 5) is 34.2. The van der Waals surface area contributed by atoms with Crippen LogP contribution >= 0.6 is 0 Å². The molecule has 126 valence electrons. The van der Waals surface area contributed by atoms with E-state index in [0.29, 0.717) is 12.2 Å². The Bertz CT molecular complexity index is 595. The molecule has 23 heavy (non-hydrogen) atoms. The molecule has 1 atom stereocenters. The second-order valence-electron chi connectivity index (χ2n) is 5.59. The van der Waals surface area contributed by atoms with E-state index in [1.165, 1.54) is 21.0 Å². The van der Waals surface area contributed by atoms with Gasteiger partial charge in [0.15, 0.2) is 0 Å². The summed E-state index contributed by atoms with van der Waals surface area (Å²) in [6, 6.07) is 4.49. The van der Waals surface area contributed by atoms with Crippen LogP contribution < -0.4 is 10.1 Å². The zero-order chi connectivity index (χ0) is 17.6. The number of hydrogen-bond acceptors (Lipinski definition) is 5. The summed E-state index contributed by atoms with van der Waals surface area (Å²) >= 11 is 0. The Labute approximate surface area is 136 Å². The lowest BCUT2D eigenvalue weighted by atomic mass is 9.92. The van der Waals surface area contributed by atoms with Crippen molar-refractivity contribution in [1.82, 2.24) is 5.32 Å². The minimum atomic E-state index is -0.755. The topological polar surface area (TPSA) is 81.7 Å². The van der Waals surface area contributed by atoms with E-state index in [4.69, 9.17) is 9.47 Å². The van der Waals surface area contributed by atoms with Gasteiger partial charge in [0.25, 0.3) is 0 Å². The summed E-state index contributed by atoms with van der Waals surface area (Å²) in [5.74, 6) is -0.574. The van der Waals surface area contributed by atoms with E-state index >= 15 is 0 Å². The second kappa shape index (κ2) is 8.31. The Morgan fingerprint density at radius 3 is 2.30 bits per heavy atom. The molecule has 1 amide bonds. The van der Waals surface area contributed by atoms with E-state index in [2.05, 4.69) is 5.32 Å². The lowest BCUT2D eigenvalue weighted by Gasteiger charge is -2.19. The van der Waals surface area contributed by atoms with Crippen LogP contribution in [-0.4, -0.2) is 31.0 Å². The monoisotopic (exact) mass is 321 g/mol. The average Bonchev–Trinajstić information content (AvgIpc) is 2.45. The Kier molecular flexibility index (Phi) is 6.75. The molecule has 0 heterocycles. The van der Waals surface area contributed by atoms with Gasteiger partial charge in [-0.05, 0) is 29.2 Å². The van der Waals surface area contributed by atoms with Gasteiger partial charge >= 0.3 is 11.9 Å². The first-order chi connectivity index (χ1) is 10.7. The molecule has 0 aliphatic rings. The van der Waals surface area contributed by atoms with Gasteiger partial charge in [-0.25, -0.2) is 4.79 Å². The third-order valence-electron chi connectivity index (χ3n) is 3.29. The maximum absolute atomic E-state index is 11.8. The van der Waals surface area contributed by atoms with E-state index in [-0.39, 0.29) is 11.8 Å². The van der Waals surface area contributed by atoms with Gasteiger partial charge in [0.05, 0.1) is 7.11 Å². The molecular weight excluding hydrogens is 298 g/mol. The number of hydrogen-bond donors (Lipinski definition) is 1. The molecule has 0 aliphatic carbocycles. The number of carbonyl (C=O) groups is 3. The van der Waals surface area contributed by atoms with Crippen LogP contribution in [0, 0.1) is 0 Å². The van der Waals surface area contributed by atoms with Crippen LogP contribution in [0.25, 0.3) is 0 Å². The maximum atomic E-state index is 11.8. The van der Waals surface area contributed by atoms with Crippen LogP contribution in [0.3, 0.4) is 0 Å².